The highest BCUT2D eigenvalue weighted by Crippen LogP contribution is 2.22. The summed E-state index contributed by atoms with van der Waals surface area (Å²) in [7, 11) is 0. The zero-order valence-electron chi connectivity index (χ0n) is 11.2. The van der Waals surface area contributed by atoms with Gasteiger partial charge in [-0.05, 0) is 30.7 Å². The highest BCUT2D eigenvalue weighted by molar-refractivity contribution is 9.10. The van der Waals surface area contributed by atoms with Crippen LogP contribution in [0.2, 0.25) is 0 Å². The second-order valence-corrected chi connectivity index (χ2v) is 5.28. The van der Waals surface area contributed by atoms with E-state index in [0.717, 1.165) is 10.0 Å². The Labute approximate surface area is 129 Å². The molecule has 0 spiro atoms. The van der Waals surface area contributed by atoms with E-state index in [1.54, 1.807) is 6.07 Å². The van der Waals surface area contributed by atoms with Crippen molar-refractivity contribution in [1.29, 1.82) is 0 Å². The zero-order valence-corrected chi connectivity index (χ0v) is 12.8. The summed E-state index contributed by atoms with van der Waals surface area (Å²) in [6, 6.07) is 11.0. The van der Waals surface area contributed by atoms with Gasteiger partial charge in [-0.15, -0.1) is 0 Å². The number of hydrogen-bond donors (Lipinski definition) is 0. The lowest BCUT2D eigenvalue weighted by atomic mass is 10.1. The van der Waals surface area contributed by atoms with E-state index in [0.29, 0.717) is 5.75 Å². The molecule has 0 aromatic heterocycles. The van der Waals surface area contributed by atoms with E-state index >= 15 is 0 Å². The number of aryl methyl sites for hydroxylation is 1. The van der Waals surface area contributed by atoms with Crippen molar-refractivity contribution in [2.75, 3.05) is 6.61 Å². The summed E-state index contributed by atoms with van der Waals surface area (Å²) in [5.41, 5.74) is 1.15. The van der Waals surface area contributed by atoms with Gasteiger partial charge in [-0.1, -0.05) is 28.1 Å². The Bertz CT molecular complexity index is 700. The maximum atomic E-state index is 12.0. The first kappa shape index (κ1) is 15.2. The molecule has 21 heavy (non-hydrogen) atoms. The van der Waals surface area contributed by atoms with Crippen molar-refractivity contribution in [3.05, 3.63) is 68.2 Å². The number of nitrogens with zero attached hydrogens (tertiary/aromatic N) is 1. The molecule has 0 aliphatic carbocycles. The third-order valence-electron chi connectivity index (χ3n) is 2.88. The molecule has 0 unspecified atom stereocenters. The largest absolute Gasteiger partial charge is 0.485 e. The van der Waals surface area contributed by atoms with E-state index in [2.05, 4.69) is 15.9 Å². The molecule has 0 saturated heterocycles. The molecule has 0 bridgehead atoms. The van der Waals surface area contributed by atoms with Crippen LogP contribution in [0.5, 0.6) is 5.75 Å². The number of carbonyl (C=O) groups excluding carboxylic acids is 1. The van der Waals surface area contributed by atoms with Crippen LogP contribution in [0.3, 0.4) is 0 Å². The van der Waals surface area contributed by atoms with Crippen LogP contribution in [-0.2, 0) is 0 Å². The number of carbonyl (C=O) groups is 1. The smallest absolute Gasteiger partial charge is 0.270 e. The average Bonchev–Trinajstić information content (AvgIpc) is 2.48. The molecule has 0 N–H and O–H groups in total. The molecule has 2 aromatic carbocycles. The number of non-ortho nitro benzene ring substituents is 1. The van der Waals surface area contributed by atoms with E-state index in [4.69, 9.17) is 4.74 Å². The SMILES string of the molecule is Cc1cc(OCC(=O)c2cccc([N+](=O)[O-])c2)ccc1Br. The third kappa shape index (κ3) is 3.88. The van der Waals surface area contributed by atoms with Crippen LogP contribution in [0.25, 0.3) is 0 Å². The predicted molar refractivity (Wildman–Crippen MR) is 81.8 cm³/mol. The molecular weight excluding hydrogens is 338 g/mol. The zero-order chi connectivity index (χ0) is 15.4. The number of benzene rings is 2. The number of Topliss-reactive ketones (excluding diaryl/α,β-unsaturated/α-hetero) is 1. The van der Waals surface area contributed by atoms with Crippen LogP contribution >= 0.6 is 15.9 Å². The van der Waals surface area contributed by atoms with Crippen molar-refractivity contribution in [3.63, 3.8) is 0 Å². The van der Waals surface area contributed by atoms with Gasteiger partial charge < -0.3 is 4.74 Å². The van der Waals surface area contributed by atoms with Gasteiger partial charge in [0.2, 0.25) is 0 Å². The Kier molecular flexibility index (Phi) is 4.70. The highest BCUT2D eigenvalue weighted by Gasteiger charge is 2.12. The lowest BCUT2D eigenvalue weighted by molar-refractivity contribution is -0.384. The van der Waals surface area contributed by atoms with Gasteiger partial charge in [-0.2, -0.15) is 0 Å². The third-order valence-corrected chi connectivity index (χ3v) is 3.77. The second-order valence-electron chi connectivity index (χ2n) is 4.43. The number of ketones is 1. The van der Waals surface area contributed by atoms with Gasteiger partial charge in [0.1, 0.15) is 5.75 Å². The maximum absolute atomic E-state index is 12.0. The van der Waals surface area contributed by atoms with Crippen LogP contribution in [0, 0.1) is 17.0 Å². The molecule has 6 heteroatoms. The fraction of sp³-hybridized carbons (Fsp3) is 0.133. The number of rotatable bonds is 5. The molecule has 0 aliphatic rings. The Morgan fingerprint density at radius 3 is 2.71 bits per heavy atom. The molecule has 0 heterocycles. The second kappa shape index (κ2) is 6.49. The van der Waals surface area contributed by atoms with Gasteiger partial charge >= 0.3 is 0 Å². The minimum atomic E-state index is -0.532. The Balaban J connectivity index is 2.06. The maximum Gasteiger partial charge on any atom is 0.270 e. The van der Waals surface area contributed by atoms with Gasteiger partial charge in [0.25, 0.3) is 5.69 Å². The standard InChI is InChI=1S/C15H12BrNO4/c1-10-7-13(5-6-14(10)16)21-9-15(18)11-3-2-4-12(8-11)17(19)20/h2-8H,9H2,1H3. The van der Waals surface area contributed by atoms with Crippen LogP contribution in [0.4, 0.5) is 5.69 Å². The van der Waals surface area contributed by atoms with Crippen molar-refractivity contribution in [2.24, 2.45) is 0 Å². The van der Waals surface area contributed by atoms with Crippen molar-refractivity contribution in [1.82, 2.24) is 0 Å². The Morgan fingerprint density at radius 2 is 2.05 bits per heavy atom. The van der Waals surface area contributed by atoms with Gasteiger partial charge in [0.15, 0.2) is 12.4 Å². The van der Waals surface area contributed by atoms with Crippen molar-refractivity contribution in [2.45, 2.75) is 6.92 Å². The van der Waals surface area contributed by atoms with Crippen LogP contribution in [0.1, 0.15) is 15.9 Å². The van der Waals surface area contributed by atoms with Crippen molar-refractivity contribution in [3.8, 4) is 5.75 Å². The molecule has 0 atom stereocenters. The number of ether oxygens (including phenoxy) is 1. The van der Waals surface area contributed by atoms with E-state index in [9.17, 15) is 14.9 Å². The number of halogens is 1. The van der Waals surface area contributed by atoms with Crippen LogP contribution in [-0.4, -0.2) is 17.3 Å². The first-order chi connectivity index (χ1) is 9.97. The quantitative estimate of drug-likeness (QED) is 0.465. The molecular formula is C15H12BrNO4. The highest BCUT2D eigenvalue weighted by atomic mass is 79.9. The van der Waals surface area contributed by atoms with Gasteiger partial charge in [0.05, 0.1) is 4.92 Å². The molecule has 2 aromatic rings. The monoisotopic (exact) mass is 349 g/mol. The molecule has 2 rings (SSSR count). The summed E-state index contributed by atoms with van der Waals surface area (Å²) in [4.78, 5) is 22.1. The van der Waals surface area contributed by atoms with Crippen LogP contribution < -0.4 is 4.74 Å². The summed E-state index contributed by atoms with van der Waals surface area (Å²) in [6.45, 7) is 1.75. The fourth-order valence-corrected chi connectivity index (χ4v) is 1.98. The lowest BCUT2D eigenvalue weighted by Gasteiger charge is -2.07. The predicted octanol–water partition coefficient (Wildman–Crippen LogP) is 3.93. The lowest BCUT2D eigenvalue weighted by Crippen LogP contribution is -2.11. The molecule has 0 aliphatic heterocycles. The van der Waals surface area contributed by atoms with E-state index in [-0.39, 0.29) is 23.6 Å². The summed E-state index contributed by atoms with van der Waals surface area (Å²) in [5.74, 6) is 0.272. The molecule has 0 radical (unpaired) electrons. The van der Waals surface area contributed by atoms with Gasteiger partial charge in [0, 0.05) is 22.2 Å². The summed E-state index contributed by atoms with van der Waals surface area (Å²) in [6.07, 6.45) is 0. The molecule has 0 saturated carbocycles. The van der Waals surface area contributed by atoms with Crippen molar-refractivity contribution >= 4 is 27.4 Å². The first-order valence-electron chi connectivity index (χ1n) is 6.14. The molecule has 5 nitrogen and oxygen atoms in total. The normalized spacial score (nSPS) is 10.2. The average molecular weight is 350 g/mol. The minimum Gasteiger partial charge on any atom is -0.485 e. The van der Waals surface area contributed by atoms with Gasteiger partial charge in [-0.25, -0.2) is 0 Å². The Morgan fingerprint density at radius 1 is 1.29 bits per heavy atom. The topological polar surface area (TPSA) is 69.4 Å². The molecule has 0 fully saturated rings. The number of nitro groups is 1. The van der Waals surface area contributed by atoms with E-state index in [1.165, 1.54) is 24.3 Å². The first-order valence-corrected chi connectivity index (χ1v) is 6.93. The van der Waals surface area contributed by atoms with Crippen LogP contribution in [0.15, 0.2) is 46.9 Å². The summed E-state index contributed by atoms with van der Waals surface area (Å²) in [5, 5.41) is 10.7. The summed E-state index contributed by atoms with van der Waals surface area (Å²) < 4.78 is 6.38. The van der Waals surface area contributed by atoms with E-state index in [1.807, 2.05) is 19.1 Å². The number of hydrogen-bond acceptors (Lipinski definition) is 4. The number of nitro benzene ring substituents is 1. The minimum absolute atomic E-state index is 0.111. The molecule has 108 valence electrons. The van der Waals surface area contributed by atoms with Crippen molar-refractivity contribution < 1.29 is 14.5 Å². The van der Waals surface area contributed by atoms with Gasteiger partial charge in [-0.3, -0.25) is 14.9 Å². The van der Waals surface area contributed by atoms with E-state index < -0.39 is 4.92 Å². The summed E-state index contributed by atoms with van der Waals surface area (Å²) >= 11 is 3.38. The molecule has 0 amide bonds. The fourth-order valence-electron chi connectivity index (χ4n) is 1.73. The Hall–Kier alpha value is -2.21.